The lowest BCUT2D eigenvalue weighted by molar-refractivity contribution is -0.142. The number of aromatic nitrogens is 2. The zero-order valence-electron chi connectivity index (χ0n) is 9.55. The first-order valence-corrected chi connectivity index (χ1v) is 5.30. The minimum absolute atomic E-state index is 0.0806. The van der Waals surface area contributed by atoms with E-state index in [9.17, 15) is 18.0 Å². The van der Waals surface area contributed by atoms with Gasteiger partial charge in [-0.05, 0) is 5.56 Å². The Labute approximate surface area is 106 Å². The van der Waals surface area contributed by atoms with E-state index in [4.69, 9.17) is 5.11 Å². The van der Waals surface area contributed by atoms with Crippen LogP contribution in [0.5, 0.6) is 0 Å². The molecule has 19 heavy (non-hydrogen) atoms. The molecule has 2 aromatic rings. The first-order valence-electron chi connectivity index (χ1n) is 5.30. The number of aromatic carboxylic acids is 1. The Morgan fingerprint density at radius 2 is 1.89 bits per heavy atom. The molecule has 0 spiro atoms. The lowest BCUT2D eigenvalue weighted by Crippen LogP contribution is -2.12. The number of carboxylic acid groups (broad SMARTS) is 1. The normalized spacial score (nSPS) is 11.5. The molecule has 0 unspecified atom stereocenters. The standard InChI is InChI=1S/C12H9F3N2O2/c13-12(14,15)10-9(11(18)19)7-17(16-10)6-8-4-2-1-3-5-8/h1-5,7H,6H2,(H,18,19). The highest BCUT2D eigenvalue weighted by molar-refractivity contribution is 5.88. The van der Waals surface area contributed by atoms with E-state index >= 15 is 0 Å². The topological polar surface area (TPSA) is 55.1 Å². The number of benzene rings is 1. The average molecular weight is 270 g/mol. The summed E-state index contributed by atoms with van der Waals surface area (Å²) < 4.78 is 38.8. The lowest BCUT2D eigenvalue weighted by Gasteiger charge is -2.03. The van der Waals surface area contributed by atoms with E-state index in [-0.39, 0.29) is 6.54 Å². The molecule has 0 aliphatic carbocycles. The van der Waals surface area contributed by atoms with E-state index in [1.165, 1.54) is 0 Å². The Morgan fingerprint density at radius 3 is 2.37 bits per heavy atom. The molecule has 0 aliphatic heterocycles. The molecule has 2 rings (SSSR count). The molecule has 0 radical (unpaired) electrons. The van der Waals surface area contributed by atoms with Crippen LogP contribution in [-0.2, 0) is 12.7 Å². The maximum Gasteiger partial charge on any atom is 0.436 e. The summed E-state index contributed by atoms with van der Waals surface area (Å²) in [6, 6.07) is 8.68. The van der Waals surface area contributed by atoms with E-state index in [1.54, 1.807) is 30.3 Å². The zero-order valence-corrected chi connectivity index (χ0v) is 9.55. The average Bonchev–Trinajstić information content (AvgIpc) is 2.74. The number of hydrogen-bond donors (Lipinski definition) is 1. The van der Waals surface area contributed by atoms with Crippen LogP contribution < -0.4 is 0 Å². The first kappa shape index (κ1) is 13.1. The largest absolute Gasteiger partial charge is 0.478 e. The second kappa shape index (κ2) is 4.75. The van der Waals surface area contributed by atoms with Crippen LogP contribution in [0.15, 0.2) is 36.5 Å². The van der Waals surface area contributed by atoms with Crippen LogP contribution >= 0.6 is 0 Å². The first-order chi connectivity index (χ1) is 8.88. The van der Waals surface area contributed by atoms with Crippen LogP contribution in [0.25, 0.3) is 0 Å². The van der Waals surface area contributed by atoms with Gasteiger partial charge < -0.3 is 5.11 Å². The summed E-state index contributed by atoms with van der Waals surface area (Å²) >= 11 is 0. The molecule has 0 aliphatic rings. The van der Waals surface area contributed by atoms with Crippen molar-refractivity contribution in [1.29, 1.82) is 0 Å². The fourth-order valence-corrected chi connectivity index (χ4v) is 1.64. The second-order valence-electron chi connectivity index (χ2n) is 3.88. The molecule has 1 N–H and O–H groups in total. The third-order valence-corrected chi connectivity index (χ3v) is 2.45. The van der Waals surface area contributed by atoms with Crippen molar-refractivity contribution in [2.75, 3.05) is 0 Å². The molecular weight excluding hydrogens is 261 g/mol. The Kier molecular flexibility index (Phi) is 3.28. The van der Waals surface area contributed by atoms with Gasteiger partial charge in [-0.2, -0.15) is 18.3 Å². The third kappa shape index (κ3) is 2.93. The number of hydrogen-bond acceptors (Lipinski definition) is 2. The Morgan fingerprint density at radius 1 is 1.26 bits per heavy atom. The zero-order chi connectivity index (χ0) is 14.0. The van der Waals surface area contributed by atoms with Gasteiger partial charge >= 0.3 is 12.1 Å². The molecule has 1 heterocycles. The van der Waals surface area contributed by atoms with Crippen LogP contribution in [0.3, 0.4) is 0 Å². The van der Waals surface area contributed by atoms with Crippen LogP contribution in [0.2, 0.25) is 0 Å². The Hall–Kier alpha value is -2.31. The summed E-state index contributed by atoms with van der Waals surface area (Å²) in [6.07, 6.45) is -3.90. The predicted molar refractivity (Wildman–Crippen MR) is 59.7 cm³/mol. The van der Waals surface area contributed by atoms with Crippen molar-refractivity contribution in [3.63, 3.8) is 0 Å². The molecule has 100 valence electrons. The quantitative estimate of drug-likeness (QED) is 0.932. The van der Waals surface area contributed by atoms with Gasteiger partial charge in [-0.3, -0.25) is 4.68 Å². The number of carbonyl (C=O) groups is 1. The molecule has 1 aromatic heterocycles. The van der Waals surface area contributed by atoms with E-state index in [1.807, 2.05) is 0 Å². The summed E-state index contributed by atoms with van der Waals surface area (Å²) in [5.74, 6) is -1.65. The van der Waals surface area contributed by atoms with Crippen LogP contribution in [0, 0.1) is 0 Å². The summed E-state index contributed by atoms with van der Waals surface area (Å²) in [5.41, 5.74) is -1.49. The van der Waals surface area contributed by atoms with Gasteiger partial charge in [0.2, 0.25) is 0 Å². The Bertz CT molecular complexity index is 591. The van der Waals surface area contributed by atoms with Crippen molar-refractivity contribution in [3.05, 3.63) is 53.3 Å². The molecule has 0 bridgehead atoms. The lowest BCUT2D eigenvalue weighted by atomic mass is 10.2. The maximum atomic E-state index is 12.6. The fraction of sp³-hybridized carbons (Fsp3) is 0.167. The monoisotopic (exact) mass is 270 g/mol. The highest BCUT2D eigenvalue weighted by Crippen LogP contribution is 2.30. The number of nitrogens with zero attached hydrogens (tertiary/aromatic N) is 2. The number of rotatable bonds is 3. The summed E-state index contributed by atoms with van der Waals surface area (Å²) in [7, 11) is 0. The van der Waals surface area contributed by atoms with Gasteiger partial charge in [0.25, 0.3) is 0 Å². The number of carboxylic acids is 1. The van der Waals surface area contributed by atoms with E-state index in [0.29, 0.717) is 0 Å². The maximum absolute atomic E-state index is 12.6. The predicted octanol–water partition coefficient (Wildman–Crippen LogP) is 2.65. The van der Waals surface area contributed by atoms with Crippen molar-refractivity contribution in [3.8, 4) is 0 Å². The van der Waals surface area contributed by atoms with Gasteiger partial charge in [-0.15, -0.1) is 0 Å². The van der Waals surface area contributed by atoms with Crippen LogP contribution in [0.4, 0.5) is 13.2 Å². The molecule has 0 atom stereocenters. The van der Waals surface area contributed by atoms with Gasteiger partial charge in [0.1, 0.15) is 5.56 Å². The van der Waals surface area contributed by atoms with Crippen molar-refractivity contribution in [2.24, 2.45) is 0 Å². The fourth-order valence-electron chi connectivity index (χ4n) is 1.64. The molecular formula is C12H9F3N2O2. The smallest absolute Gasteiger partial charge is 0.436 e. The summed E-state index contributed by atoms with van der Waals surface area (Å²) in [6.45, 7) is 0.0806. The van der Waals surface area contributed by atoms with Gasteiger partial charge in [-0.25, -0.2) is 4.79 Å². The van der Waals surface area contributed by atoms with Crippen molar-refractivity contribution in [2.45, 2.75) is 12.7 Å². The number of alkyl halides is 3. The van der Waals surface area contributed by atoms with Crippen LogP contribution in [0.1, 0.15) is 21.6 Å². The van der Waals surface area contributed by atoms with Crippen LogP contribution in [-0.4, -0.2) is 20.9 Å². The Balaban J connectivity index is 2.36. The minimum Gasteiger partial charge on any atom is -0.478 e. The van der Waals surface area contributed by atoms with E-state index < -0.39 is 23.4 Å². The molecule has 0 saturated heterocycles. The SMILES string of the molecule is O=C(O)c1cn(Cc2ccccc2)nc1C(F)(F)F. The van der Waals surface area contributed by atoms with Gasteiger partial charge in [0.15, 0.2) is 5.69 Å². The van der Waals surface area contributed by atoms with Gasteiger partial charge in [-0.1, -0.05) is 30.3 Å². The molecule has 0 fully saturated rings. The van der Waals surface area contributed by atoms with Crippen molar-refractivity contribution >= 4 is 5.97 Å². The van der Waals surface area contributed by atoms with Gasteiger partial charge in [0, 0.05) is 6.20 Å². The van der Waals surface area contributed by atoms with Crippen molar-refractivity contribution in [1.82, 2.24) is 9.78 Å². The van der Waals surface area contributed by atoms with Crippen molar-refractivity contribution < 1.29 is 23.1 Å². The highest BCUT2D eigenvalue weighted by Gasteiger charge is 2.39. The third-order valence-electron chi connectivity index (χ3n) is 2.45. The summed E-state index contributed by atoms with van der Waals surface area (Å²) in [4.78, 5) is 10.8. The molecule has 0 amide bonds. The molecule has 4 nitrogen and oxygen atoms in total. The van der Waals surface area contributed by atoms with E-state index in [0.717, 1.165) is 16.4 Å². The second-order valence-corrected chi connectivity index (χ2v) is 3.88. The number of halogens is 3. The van der Waals surface area contributed by atoms with Gasteiger partial charge in [0.05, 0.1) is 6.54 Å². The molecule has 1 aromatic carbocycles. The van der Waals surface area contributed by atoms with E-state index in [2.05, 4.69) is 5.10 Å². The molecule has 0 saturated carbocycles. The molecule has 7 heteroatoms. The highest BCUT2D eigenvalue weighted by atomic mass is 19.4. The minimum atomic E-state index is -4.78. The summed E-state index contributed by atoms with van der Waals surface area (Å²) in [5, 5.41) is 12.1.